The van der Waals surface area contributed by atoms with Crippen molar-refractivity contribution in [3.8, 4) is 5.75 Å². The Bertz CT molecular complexity index is 556. The highest BCUT2D eigenvalue weighted by molar-refractivity contribution is 5.85. The summed E-state index contributed by atoms with van der Waals surface area (Å²) in [4.78, 5) is 14.4. The first-order valence-electron chi connectivity index (χ1n) is 8.23. The number of para-hydroxylation sites is 2. The lowest BCUT2D eigenvalue weighted by molar-refractivity contribution is -0.123. The highest BCUT2D eigenvalue weighted by Crippen LogP contribution is 2.29. The number of piperidine rings is 1. The number of nitrogens with one attached hydrogen (secondary N) is 2. The van der Waals surface area contributed by atoms with Gasteiger partial charge in [-0.1, -0.05) is 12.1 Å². The first-order chi connectivity index (χ1) is 11.2. The lowest BCUT2D eigenvalue weighted by Gasteiger charge is -2.35. The molecule has 5 nitrogen and oxygen atoms in total. The Kier molecular flexibility index (Phi) is 8.76. The van der Waals surface area contributed by atoms with Gasteiger partial charge >= 0.3 is 0 Å². The second kappa shape index (κ2) is 10.0. The lowest BCUT2D eigenvalue weighted by Crippen LogP contribution is -2.49. The molecule has 25 heavy (non-hydrogen) atoms. The van der Waals surface area contributed by atoms with Crippen molar-refractivity contribution in [1.29, 1.82) is 0 Å². The van der Waals surface area contributed by atoms with Gasteiger partial charge in [0, 0.05) is 32.1 Å². The number of carbonyl (C=O) groups excluding carboxylic acids is 1. The number of nitrogens with zero attached hydrogens (tertiary/aromatic N) is 1. The molecular formula is C17H26Cl2FN3O2. The smallest absolute Gasteiger partial charge is 0.237 e. The summed E-state index contributed by atoms with van der Waals surface area (Å²) in [5.74, 6) is 0.806. The van der Waals surface area contributed by atoms with Gasteiger partial charge in [0.05, 0.1) is 18.8 Å². The predicted molar refractivity (Wildman–Crippen MR) is 102 cm³/mol. The normalized spacial score (nSPS) is 23.4. The van der Waals surface area contributed by atoms with Crippen LogP contribution in [-0.2, 0) is 4.79 Å². The van der Waals surface area contributed by atoms with Crippen LogP contribution in [0.1, 0.15) is 19.3 Å². The Balaban J connectivity index is 0.00000156. The Morgan fingerprint density at radius 1 is 1.28 bits per heavy atom. The molecular weight excluding hydrogens is 368 g/mol. The fourth-order valence-electron chi connectivity index (χ4n) is 3.35. The van der Waals surface area contributed by atoms with Gasteiger partial charge in [-0.2, -0.15) is 0 Å². The summed E-state index contributed by atoms with van der Waals surface area (Å²) in [6.45, 7) is 2.02. The molecule has 0 aliphatic carbocycles. The molecule has 2 saturated heterocycles. The van der Waals surface area contributed by atoms with Gasteiger partial charge in [0.1, 0.15) is 11.9 Å². The van der Waals surface area contributed by atoms with Gasteiger partial charge in [0.25, 0.3) is 0 Å². The van der Waals surface area contributed by atoms with E-state index in [1.807, 2.05) is 18.2 Å². The summed E-state index contributed by atoms with van der Waals surface area (Å²) in [6, 6.07) is 7.77. The van der Waals surface area contributed by atoms with Gasteiger partial charge in [-0.05, 0) is 25.0 Å². The maximum absolute atomic E-state index is 13.2. The highest BCUT2D eigenvalue weighted by Gasteiger charge is 2.31. The molecule has 2 atom stereocenters. The zero-order valence-electron chi connectivity index (χ0n) is 14.2. The van der Waals surface area contributed by atoms with Crippen molar-refractivity contribution in [1.82, 2.24) is 10.6 Å². The first-order valence-corrected chi connectivity index (χ1v) is 8.23. The van der Waals surface area contributed by atoms with E-state index >= 15 is 0 Å². The maximum atomic E-state index is 13.2. The van der Waals surface area contributed by atoms with Crippen molar-refractivity contribution in [2.75, 3.05) is 31.6 Å². The molecule has 2 aliphatic heterocycles. The average Bonchev–Trinajstić information content (AvgIpc) is 3.02. The van der Waals surface area contributed by atoms with Gasteiger partial charge < -0.3 is 20.3 Å². The Labute approximate surface area is 160 Å². The largest absolute Gasteiger partial charge is 0.495 e. The summed E-state index contributed by atoms with van der Waals surface area (Å²) in [7, 11) is 1.68. The third kappa shape index (κ3) is 5.36. The summed E-state index contributed by atoms with van der Waals surface area (Å²) in [5, 5.41) is 5.99. The zero-order valence-corrected chi connectivity index (χ0v) is 15.9. The number of rotatable bonds is 4. The molecule has 142 valence electrons. The molecule has 2 N–H and O–H groups in total. The van der Waals surface area contributed by atoms with E-state index in [9.17, 15) is 9.18 Å². The van der Waals surface area contributed by atoms with Crippen LogP contribution >= 0.6 is 24.8 Å². The number of methoxy groups -OCH3 is 1. The highest BCUT2D eigenvalue weighted by atomic mass is 35.5. The van der Waals surface area contributed by atoms with Crippen LogP contribution in [0.3, 0.4) is 0 Å². The second-order valence-electron chi connectivity index (χ2n) is 6.24. The van der Waals surface area contributed by atoms with Crippen LogP contribution in [0.4, 0.5) is 10.1 Å². The van der Waals surface area contributed by atoms with Crippen LogP contribution in [0.5, 0.6) is 5.75 Å². The molecule has 2 fully saturated rings. The number of alkyl halides is 1. The molecule has 1 aromatic rings. The van der Waals surface area contributed by atoms with E-state index in [4.69, 9.17) is 4.74 Å². The van der Waals surface area contributed by atoms with Crippen molar-refractivity contribution in [3.63, 3.8) is 0 Å². The maximum Gasteiger partial charge on any atom is 0.237 e. The lowest BCUT2D eigenvalue weighted by atomic mass is 10.0. The van der Waals surface area contributed by atoms with E-state index in [2.05, 4.69) is 21.6 Å². The average molecular weight is 394 g/mol. The minimum atomic E-state index is -0.904. The van der Waals surface area contributed by atoms with Gasteiger partial charge in [-0.15, -0.1) is 24.8 Å². The van der Waals surface area contributed by atoms with Gasteiger partial charge in [0.2, 0.25) is 5.91 Å². The third-order valence-corrected chi connectivity index (χ3v) is 4.66. The fraction of sp³-hybridized carbons (Fsp3) is 0.588. The summed E-state index contributed by atoms with van der Waals surface area (Å²) >= 11 is 0. The Morgan fingerprint density at radius 3 is 2.56 bits per heavy atom. The van der Waals surface area contributed by atoms with Crippen LogP contribution < -0.4 is 20.3 Å². The predicted octanol–water partition coefficient (Wildman–Crippen LogP) is 2.32. The zero-order chi connectivity index (χ0) is 16.2. The topological polar surface area (TPSA) is 53.6 Å². The second-order valence-corrected chi connectivity index (χ2v) is 6.24. The molecule has 1 aromatic carbocycles. The van der Waals surface area contributed by atoms with Crippen LogP contribution in [0, 0.1) is 0 Å². The summed E-state index contributed by atoms with van der Waals surface area (Å²) in [5.41, 5.74) is 1.09. The number of ether oxygens (including phenoxy) is 1. The van der Waals surface area contributed by atoms with Gasteiger partial charge in [-0.3, -0.25) is 4.79 Å². The molecule has 0 aromatic heterocycles. The molecule has 2 aliphatic rings. The molecule has 0 bridgehead atoms. The van der Waals surface area contributed by atoms with Gasteiger partial charge in [0.15, 0.2) is 0 Å². The van der Waals surface area contributed by atoms with Crippen molar-refractivity contribution in [2.24, 2.45) is 0 Å². The van der Waals surface area contributed by atoms with E-state index in [1.165, 1.54) is 0 Å². The molecule has 0 saturated carbocycles. The standard InChI is InChI=1S/C17H24FN3O2.2ClH/c1-23-16-5-3-2-4-15(16)21-8-6-13(7-9-21)20-17(22)14-10-12(18)11-19-14;;/h2-5,12-14,19H,6-11H2,1H3,(H,20,22);2*1H/t12-,14+;;/m0../s1. The van der Waals surface area contributed by atoms with Crippen molar-refractivity contribution in [2.45, 2.75) is 37.5 Å². The number of anilines is 1. The van der Waals surface area contributed by atoms with Crippen LogP contribution in [0.2, 0.25) is 0 Å². The van der Waals surface area contributed by atoms with Crippen LogP contribution in [-0.4, -0.2) is 50.9 Å². The third-order valence-electron chi connectivity index (χ3n) is 4.66. The van der Waals surface area contributed by atoms with E-state index < -0.39 is 6.17 Å². The Hall–Kier alpha value is -1.24. The molecule has 0 spiro atoms. The fourth-order valence-corrected chi connectivity index (χ4v) is 3.35. The van der Waals surface area contributed by atoms with Crippen LogP contribution in [0.25, 0.3) is 0 Å². The minimum Gasteiger partial charge on any atom is -0.495 e. The molecule has 8 heteroatoms. The van der Waals surface area contributed by atoms with Crippen molar-refractivity contribution < 1.29 is 13.9 Å². The van der Waals surface area contributed by atoms with Crippen molar-refractivity contribution in [3.05, 3.63) is 24.3 Å². The first kappa shape index (κ1) is 21.8. The number of hydrogen-bond acceptors (Lipinski definition) is 4. The summed E-state index contributed by atoms with van der Waals surface area (Å²) in [6.07, 6.45) is 1.15. The number of amides is 1. The number of carbonyl (C=O) groups is 1. The molecule has 1 amide bonds. The molecule has 3 rings (SSSR count). The molecule has 0 unspecified atom stereocenters. The quantitative estimate of drug-likeness (QED) is 0.823. The number of halogens is 3. The molecule has 0 radical (unpaired) electrons. The van der Waals surface area contributed by atoms with Crippen LogP contribution in [0.15, 0.2) is 24.3 Å². The summed E-state index contributed by atoms with van der Waals surface area (Å²) < 4.78 is 18.6. The monoisotopic (exact) mass is 393 g/mol. The molecule has 2 heterocycles. The van der Waals surface area contributed by atoms with E-state index in [0.29, 0.717) is 0 Å². The Morgan fingerprint density at radius 2 is 1.96 bits per heavy atom. The number of benzene rings is 1. The van der Waals surface area contributed by atoms with Crippen molar-refractivity contribution >= 4 is 36.4 Å². The SMILES string of the molecule is COc1ccccc1N1CCC(NC(=O)[C@H]2C[C@H](F)CN2)CC1.Cl.Cl. The minimum absolute atomic E-state index is 0. The van der Waals surface area contributed by atoms with E-state index in [0.717, 1.165) is 37.4 Å². The van der Waals surface area contributed by atoms with Gasteiger partial charge in [-0.25, -0.2) is 4.39 Å². The number of hydrogen-bond donors (Lipinski definition) is 2. The van der Waals surface area contributed by atoms with E-state index in [-0.39, 0.29) is 55.8 Å². The van der Waals surface area contributed by atoms with E-state index in [1.54, 1.807) is 7.11 Å².